The molecule has 10 rings (SSSR count). The van der Waals surface area contributed by atoms with E-state index in [4.69, 9.17) is 4.98 Å². The second kappa shape index (κ2) is 9.59. The average molecular weight is 604 g/mol. The molecule has 0 aliphatic rings. The van der Waals surface area contributed by atoms with Gasteiger partial charge in [-0.3, -0.25) is 4.57 Å². The number of aromatic nitrogens is 5. The van der Waals surface area contributed by atoms with Gasteiger partial charge in [0.25, 0.3) is 0 Å². The van der Waals surface area contributed by atoms with Gasteiger partial charge < -0.3 is 14.5 Å². The van der Waals surface area contributed by atoms with Crippen molar-refractivity contribution in [2.24, 2.45) is 0 Å². The van der Waals surface area contributed by atoms with Gasteiger partial charge in [-0.15, -0.1) is 0 Å². The molecular weight excluding hydrogens is 574 g/mol. The first kappa shape index (κ1) is 25.9. The van der Waals surface area contributed by atoms with Crippen LogP contribution in [0.4, 0.5) is 0 Å². The summed E-state index contributed by atoms with van der Waals surface area (Å²) in [5.74, 6) is 0. The maximum Gasteiger partial charge on any atom is 0.146 e. The van der Waals surface area contributed by atoms with E-state index in [9.17, 15) is 0 Å². The van der Waals surface area contributed by atoms with Crippen molar-refractivity contribution in [2.45, 2.75) is 6.92 Å². The summed E-state index contributed by atoms with van der Waals surface area (Å²) < 4.78 is 4.68. The monoisotopic (exact) mass is 603 g/mol. The Morgan fingerprint density at radius 1 is 0.574 bits per heavy atom. The highest BCUT2D eigenvalue weighted by molar-refractivity contribution is 6.16. The number of aromatic amines is 2. The van der Waals surface area contributed by atoms with Crippen LogP contribution in [0.1, 0.15) is 18.2 Å². The fourth-order valence-electron chi connectivity index (χ4n) is 7.63. The summed E-state index contributed by atoms with van der Waals surface area (Å²) in [6.07, 6.45) is 6.09. The van der Waals surface area contributed by atoms with Gasteiger partial charge in [0.1, 0.15) is 5.65 Å². The molecular formula is C42H29N5. The molecule has 0 fully saturated rings. The number of hydrogen-bond acceptors (Lipinski definition) is 1. The first-order valence-corrected chi connectivity index (χ1v) is 16.0. The van der Waals surface area contributed by atoms with E-state index in [1.807, 2.05) is 13.0 Å². The van der Waals surface area contributed by atoms with Gasteiger partial charge in [-0.05, 0) is 73.7 Å². The molecule has 0 radical (unpaired) electrons. The van der Waals surface area contributed by atoms with Crippen molar-refractivity contribution >= 4 is 88.7 Å². The average Bonchev–Trinajstić information content (AvgIpc) is 3.84. The summed E-state index contributed by atoms with van der Waals surface area (Å²) in [6, 6.07) is 41.4. The Hall–Kier alpha value is -6.33. The molecule has 0 aliphatic carbocycles. The molecule has 0 amide bonds. The highest BCUT2D eigenvalue weighted by atomic mass is 15.1. The SMILES string of the molecule is C=Cc1c(/C=C\C)[nH]c2ccc(-n3c4ccccc4c4cc5c(nc43)c3ccccc3n5-c3ccc4[nH]c5ccccc5c4c3)cc12. The minimum atomic E-state index is 0.942. The zero-order chi connectivity index (χ0) is 31.2. The summed E-state index contributed by atoms with van der Waals surface area (Å²) in [4.78, 5) is 12.7. The summed E-state index contributed by atoms with van der Waals surface area (Å²) in [7, 11) is 0. The number of rotatable bonds is 4. The number of benzene rings is 5. The van der Waals surface area contributed by atoms with E-state index in [2.05, 4.69) is 153 Å². The van der Waals surface area contributed by atoms with E-state index in [0.29, 0.717) is 0 Å². The van der Waals surface area contributed by atoms with Crippen molar-refractivity contribution in [3.63, 3.8) is 0 Å². The van der Waals surface area contributed by atoms with Crippen LogP contribution in [-0.4, -0.2) is 24.1 Å². The minimum absolute atomic E-state index is 0.942. The smallest absolute Gasteiger partial charge is 0.146 e. The van der Waals surface area contributed by atoms with Gasteiger partial charge in [0, 0.05) is 71.5 Å². The third kappa shape index (κ3) is 3.56. The Labute approximate surface area is 269 Å². The maximum atomic E-state index is 5.52. The van der Waals surface area contributed by atoms with Crippen molar-refractivity contribution in [1.82, 2.24) is 24.1 Å². The van der Waals surface area contributed by atoms with Gasteiger partial charge >= 0.3 is 0 Å². The van der Waals surface area contributed by atoms with Gasteiger partial charge in [-0.2, -0.15) is 0 Å². The third-order valence-corrected chi connectivity index (χ3v) is 9.67. The molecule has 0 spiro atoms. The molecule has 5 heteroatoms. The lowest BCUT2D eigenvalue weighted by Crippen LogP contribution is -1.96. The standard InChI is InChI=1S/C42H29N5/c1-3-11-34-27(4-2)31-23-26(19-21-36(31)43-34)47-38-16-9-6-13-29(38)33-24-40-41(45-42(33)47)30-14-7-10-17-39(30)46(40)25-18-20-37-32(22-25)28-12-5-8-15-35(28)44-37/h3-24,43-44H,2H2,1H3/b11-3-. The predicted octanol–water partition coefficient (Wildman–Crippen LogP) is 11.1. The Bertz CT molecular complexity index is 2940. The number of H-pyrrole nitrogens is 2. The Kier molecular flexibility index (Phi) is 5.29. The molecule has 0 aliphatic heterocycles. The second-order valence-electron chi connectivity index (χ2n) is 12.2. The van der Waals surface area contributed by atoms with Gasteiger partial charge in [0.15, 0.2) is 0 Å². The molecule has 0 atom stereocenters. The van der Waals surface area contributed by atoms with Gasteiger partial charge in [-0.1, -0.05) is 73.3 Å². The van der Waals surface area contributed by atoms with Crippen molar-refractivity contribution < 1.29 is 0 Å². The van der Waals surface area contributed by atoms with Crippen LogP contribution in [0.25, 0.3) is 100 Å². The molecule has 0 saturated carbocycles. The number of allylic oxidation sites excluding steroid dienone is 1. The lowest BCUT2D eigenvalue weighted by Gasteiger charge is -2.09. The molecule has 0 bridgehead atoms. The summed E-state index contributed by atoms with van der Waals surface area (Å²) in [6.45, 7) is 6.16. The fourth-order valence-corrected chi connectivity index (χ4v) is 7.63. The molecule has 0 saturated heterocycles. The van der Waals surface area contributed by atoms with Crippen LogP contribution >= 0.6 is 0 Å². The Morgan fingerprint density at radius 3 is 2.00 bits per heavy atom. The number of nitrogens with one attached hydrogen (secondary N) is 2. The van der Waals surface area contributed by atoms with Crippen LogP contribution in [0.5, 0.6) is 0 Å². The fraction of sp³-hybridized carbons (Fsp3) is 0.0238. The molecule has 5 aromatic carbocycles. The van der Waals surface area contributed by atoms with E-state index >= 15 is 0 Å². The quantitative estimate of drug-likeness (QED) is 0.207. The van der Waals surface area contributed by atoms with Gasteiger partial charge in [0.05, 0.1) is 22.1 Å². The van der Waals surface area contributed by atoms with Crippen LogP contribution in [0, 0.1) is 0 Å². The first-order chi connectivity index (χ1) is 23.2. The largest absolute Gasteiger partial charge is 0.355 e. The molecule has 47 heavy (non-hydrogen) atoms. The number of pyridine rings is 1. The van der Waals surface area contributed by atoms with E-state index in [-0.39, 0.29) is 0 Å². The van der Waals surface area contributed by atoms with Crippen LogP contribution in [0.2, 0.25) is 0 Å². The molecule has 5 aromatic heterocycles. The van der Waals surface area contributed by atoms with Crippen molar-refractivity contribution in [2.75, 3.05) is 0 Å². The van der Waals surface area contributed by atoms with E-state index in [1.165, 1.54) is 16.2 Å². The Balaban J connectivity index is 1.29. The van der Waals surface area contributed by atoms with Gasteiger partial charge in [-0.25, -0.2) is 4.98 Å². The summed E-state index contributed by atoms with van der Waals surface area (Å²) >= 11 is 0. The van der Waals surface area contributed by atoms with Gasteiger partial charge in [0.2, 0.25) is 0 Å². The van der Waals surface area contributed by atoms with Crippen LogP contribution in [0.3, 0.4) is 0 Å². The van der Waals surface area contributed by atoms with E-state index in [0.717, 1.165) is 83.1 Å². The van der Waals surface area contributed by atoms with Crippen molar-refractivity contribution in [3.8, 4) is 11.4 Å². The molecule has 222 valence electrons. The zero-order valence-corrected chi connectivity index (χ0v) is 25.8. The highest BCUT2D eigenvalue weighted by Gasteiger charge is 2.20. The normalized spacial score (nSPS) is 12.4. The number of fused-ring (bicyclic) bond motifs is 10. The topological polar surface area (TPSA) is 54.3 Å². The van der Waals surface area contributed by atoms with E-state index in [1.54, 1.807) is 0 Å². The minimum Gasteiger partial charge on any atom is -0.355 e. The van der Waals surface area contributed by atoms with Crippen LogP contribution < -0.4 is 0 Å². The number of hydrogen-bond donors (Lipinski definition) is 2. The molecule has 0 unspecified atom stereocenters. The van der Waals surface area contributed by atoms with Crippen molar-refractivity contribution in [3.05, 3.63) is 139 Å². The van der Waals surface area contributed by atoms with Crippen LogP contribution in [0.15, 0.2) is 128 Å². The molecule has 5 nitrogen and oxygen atoms in total. The predicted molar refractivity (Wildman–Crippen MR) is 199 cm³/mol. The molecule has 5 heterocycles. The number of para-hydroxylation sites is 3. The Morgan fingerprint density at radius 2 is 1.21 bits per heavy atom. The third-order valence-electron chi connectivity index (χ3n) is 9.67. The summed E-state index contributed by atoms with van der Waals surface area (Å²) in [5, 5.41) is 7.01. The van der Waals surface area contributed by atoms with E-state index < -0.39 is 0 Å². The lowest BCUT2D eigenvalue weighted by molar-refractivity contribution is 1.15. The maximum absolute atomic E-state index is 5.52. The summed E-state index contributed by atoms with van der Waals surface area (Å²) in [5.41, 5.74) is 13.0. The molecule has 2 N–H and O–H groups in total. The zero-order valence-electron chi connectivity index (χ0n) is 25.8. The molecule has 10 aromatic rings. The van der Waals surface area contributed by atoms with Crippen LogP contribution in [-0.2, 0) is 0 Å². The highest BCUT2D eigenvalue weighted by Crippen LogP contribution is 2.39. The van der Waals surface area contributed by atoms with Crippen molar-refractivity contribution in [1.29, 1.82) is 0 Å². The second-order valence-corrected chi connectivity index (χ2v) is 12.2. The number of nitrogens with zero attached hydrogens (tertiary/aromatic N) is 3. The lowest BCUT2D eigenvalue weighted by atomic mass is 10.1. The first-order valence-electron chi connectivity index (χ1n) is 16.0.